The molecule has 2 heteroatoms. The Morgan fingerprint density at radius 1 is 1.08 bits per heavy atom. The van der Waals surface area contributed by atoms with E-state index in [4.69, 9.17) is 5.73 Å². The van der Waals surface area contributed by atoms with Crippen LogP contribution in [0.1, 0.15) is 53.4 Å². The number of aliphatic hydroxyl groups is 1. The molecule has 0 saturated heterocycles. The lowest BCUT2D eigenvalue weighted by molar-refractivity contribution is 0.0205. The van der Waals surface area contributed by atoms with E-state index in [0.717, 1.165) is 25.7 Å². The minimum atomic E-state index is -0.623. The van der Waals surface area contributed by atoms with Gasteiger partial charge in [-0.25, -0.2) is 0 Å². The zero-order chi connectivity index (χ0) is 10.5. The Morgan fingerprint density at radius 2 is 1.62 bits per heavy atom. The molecule has 0 rings (SSSR count). The van der Waals surface area contributed by atoms with E-state index in [1.165, 1.54) is 0 Å². The maximum absolute atomic E-state index is 10.1. The van der Waals surface area contributed by atoms with E-state index in [-0.39, 0.29) is 5.41 Å². The predicted octanol–water partition coefficient (Wildman–Crippen LogP) is 2.30. The van der Waals surface area contributed by atoms with Gasteiger partial charge in [0, 0.05) is 6.54 Å². The standard InChI is InChI=1S/C11H25NO/c1-5-6-11(13,9-12)8-7-10(2,3)4/h13H,5-9,12H2,1-4H3. The Balaban J connectivity index is 3.97. The maximum Gasteiger partial charge on any atom is 0.0769 e. The zero-order valence-electron chi connectivity index (χ0n) is 9.56. The predicted molar refractivity (Wildman–Crippen MR) is 57.6 cm³/mol. The van der Waals surface area contributed by atoms with Crippen molar-refractivity contribution < 1.29 is 5.11 Å². The molecule has 1 atom stereocenters. The van der Waals surface area contributed by atoms with E-state index in [1.54, 1.807) is 0 Å². The molecule has 0 heterocycles. The summed E-state index contributed by atoms with van der Waals surface area (Å²) in [6, 6.07) is 0. The molecule has 0 aromatic rings. The van der Waals surface area contributed by atoms with Gasteiger partial charge in [0.1, 0.15) is 0 Å². The smallest absolute Gasteiger partial charge is 0.0769 e. The quantitative estimate of drug-likeness (QED) is 0.693. The molecule has 2 nitrogen and oxygen atoms in total. The summed E-state index contributed by atoms with van der Waals surface area (Å²) in [6.45, 7) is 9.04. The molecule has 0 fully saturated rings. The molecule has 0 aliphatic heterocycles. The van der Waals surface area contributed by atoms with E-state index in [0.29, 0.717) is 6.54 Å². The van der Waals surface area contributed by atoms with Gasteiger partial charge >= 0.3 is 0 Å². The molecular weight excluding hydrogens is 162 g/mol. The van der Waals surface area contributed by atoms with Gasteiger partial charge in [0.25, 0.3) is 0 Å². The third kappa shape index (κ3) is 6.05. The van der Waals surface area contributed by atoms with Gasteiger partial charge in [-0.2, -0.15) is 0 Å². The summed E-state index contributed by atoms with van der Waals surface area (Å²) in [5, 5.41) is 10.1. The fourth-order valence-electron chi connectivity index (χ4n) is 1.40. The average Bonchev–Trinajstić information content (AvgIpc) is 2.01. The molecule has 0 saturated carbocycles. The van der Waals surface area contributed by atoms with Crippen molar-refractivity contribution in [3.8, 4) is 0 Å². The molecule has 0 amide bonds. The van der Waals surface area contributed by atoms with Crippen LogP contribution in [0.5, 0.6) is 0 Å². The van der Waals surface area contributed by atoms with Crippen LogP contribution in [0, 0.1) is 5.41 Å². The van der Waals surface area contributed by atoms with Crippen molar-refractivity contribution in [1.29, 1.82) is 0 Å². The molecular formula is C11H25NO. The van der Waals surface area contributed by atoms with Crippen LogP contribution in [0.2, 0.25) is 0 Å². The minimum absolute atomic E-state index is 0.289. The monoisotopic (exact) mass is 187 g/mol. The number of hydrogen-bond donors (Lipinski definition) is 2. The Labute approximate surface area is 82.5 Å². The summed E-state index contributed by atoms with van der Waals surface area (Å²) in [5.41, 5.74) is 5.24. The van der Waals surface area contributed by atoms with Crippen molar-refractivity contribution in [3.05, 3.63) is 0 Å². The van der Waals surface area contributed by atoms with Gasteiger partial charge in [-0.15, -0.1) is 0 Å². The summed E-state index contributed by atoms with van der Waals surface area (Å²) < 4.78 is 0. The normalized spacial score (nSPS) is 17.1. The fraction of sp³-hybridized carbons (Fsp3) is 1.00. The van der Waals surface area contributed by atoms with Gasteiger partial charge in [-0.05, 0) is 24.7 Å². The van der Waals surface area contributed by atoms with Gasteiger partial charge < -0.3 is 10.8 Å². The molecule has 13 heavy (non-hydrogen) atoms. The number of rotatable bonds is 5. The number of nitrogens with two attached hydrogens (primary N) is 1. The second kappa shape index (κ2) is 4.97. The van der Waals surface area contributed by atoms with Crippen molar-refractivity contribution in [2.45, 2.75) is 59.0 Å². The highest BCUT2D eigenvalue weighted by atomic mass is 16.3. The first kappa shape index (κ1) is 12.9. The van der Waals surface area contributed by atoms with Crippen LogP contribution < -0.4 is 5.73 Å². The van der Waals surface area contributed by atoms with Gasteiger partial charge in [-0.3, -0.25) is 0 Å². The van der Waals surface area contributed by atoms with Crippen LogP contribution in [-0.2, 0) is 0 Å². The lowest BCUT2D eigenvalue weighted by atomic mass is 9.83. The molecule has 0 aliphatic carbocycles. The maximum atomic E-state index is 10.1. The molecule has 80 valence electrons. The summed E-state index contributed by atoms with van der Waals surface area (Å²) in [4.78, 5) is 0. The third-order valence-corrected chi connectivity index (χ3v) is 2.44. The molecule has 3 N–H and O–H groups in total. The largest absolute Gasteiger partial charge is 0.389 e. The summed E-state index contributed by atoms with van der Waals surface area (Å²) in [5.74, 6) is 0. The summed E-state index contributed by atoms with van der Waals surface area (Å²) >= 11 is 0. The summed E-state index contributed by atoms with van der Waals surface area (Å²) in [7, 11) is 0. The van der Waals surface area contributed by atoms with Crippen LogP contribution >= 0.6 is 0 Å². The lowest BCUT2D eigenvalue weighted by Crippen LogP contribution is -2.38. The van der Waals surface area contributed by atoms with Gasteiger partial charge in [-0.1, -0.05) is 34.1 Å². The molecule has 0 aromatic carbocycles. The van der Waals surface area contributed by atoms with E-state index in [2.05, 4.69) is 27.7 Å². The lowest BCUT2D eigenvalue weighted by Gasteiger charge is -2.29. The highest BCUT2D eigenvalue weighted by Crippen LogP contribution is 2.27. The Hall–Kier alpha value is -0.0800. The first-order valence-corrected chi connectivity index (χ1v) is 5.25. The highest BCUT2D eigenvalue weighted by Gasteiger charge is 2.25. The first-order valence-electron chi connectivity index (χ1n) is 5.25. The SMILES string of the molecule is CCCC(O)(CN)CCC(C)(C)C. The molecule has 0 radical (unpaired) electrons. The molecule has 1 unspecified atom stereocenters. The average molecular weight is 187 g/mol. The number of hydrogen-bond acceptors (Lipinski definition) is 2. The highest BCUT2D eigenvalue weighted by molar-refractivity contribution is 4.81. The minimum Gasteiger partial charge on any atom is -0.389 e. The Bertz CT molecular complexity index is 140. The fourth-order valence-corrected chi connectivity index (χ4v) is 1.40. The summed E-state index contributed by atoms with van der Waals surface area (Å²) in [6.07, 6.45) is 3.67. The van der Waals surface area contributed by atoms with E-state index in [1.807, 2.05) is 0 Å². The van der Waals surface area contributed by atoms with Crippen molar-refractivity contribution in [1.82, 2.24) is 0 Å². The van der Waals surface area contributed by atoms with Crippen LogP contribution in [-0.4, -0.2) is 17.3 Å². The van der Waals surface area contributed by atoms with Crippen LogP contribution in [0.25, 0.3) is 0 Å². The van der Waals surface area contributed by atoms with Gasteiger partial charge in [0.2, 0.25) is 0 Å². The molecule has 0 aromatic heterocycles. The Morgan fingerprint density at radius 3 is 1.92 bits per heavy atom. The third-order valence-electron chi connectivity index (χ3n) is 2.44. The van der Waals surface area contributed by atoms with Crippen molar-refractivity contribution in [3.63, 3.8) is 0 Å². The van der Waals surface area contributed by atoms with Crippen molar-refractivity contribution in [2.75, 3.05) is 6.54 Å². The first-order chi connectivity index (χ1) is 5.83. The second-order valence-corrected chi connectivity index (χ2v) is 5.24. The van der Waals surface area contributed by atoms with Crippen LogP contribution in [0.15, 0.2) is 0 Å². The van der Waals surface area contributed by atoms with Gasteiger partial charge in [0.05, 0.1) is 5.60 Å². The zero-order valence-corrected chi connectivity index (χ0v) is 9.56. The topological polar surface area (TPSA) is 46.2 Å². The van der Waals surface area contributed by atoms with Crippen molar-refractivity contribution >= 4 is 0 Å². The second-order valence-electron chi connectivity index (χ2n) is 5.24. The molecule has 0 bridgehead atoms. The van der Waals surface area contributed by atoms with E-state index < -0.39 is 5.60 Å². The van der Waals surface area contributed by atoms with Crippen LogP contribution in [0.3, 0.4) is 0 Å². The Kier molecular flexibility index (Phi) is 4.93. The van der Waals surface area contributed by atoms with Crippen LogP contribution in [0.4, 0.5) is 0 Å². The van der Waals surface area contributed by atoms with Crippen molar-refractivity contribution in [2.24, 2.45) is 11.1 Å². The molecule has 0 spiro atoms. The van der Waals surface area contributed by atoms with Gasteiger partial charge in [0.15, 0.2) is 0 Å². The van der Waals surface area contributed by atoms with E-state index in [9.17, 15) is 5.11 Å². The molecule has 0 aliphatic rings. The van der Waals surface area contributed by atoms with E-state index >= 15 is 0 Å².